The Balaban J connectivity index is 0.00000225. The minimum Gasteiger partial charge on any atom is -0.261 e. The van der Waals surface area contributed by atoms with E-state index in [-0.39, 0.29) is 12.4 Å². The van der Waals surface area contributed by atoms with E-state index in [2.05, 4.69) is 24.9 Å². The molecular formula is C14H24ClN. The van der Waals surface area contributed by atoms with E-state index in [0.29, 0.717) is 0 Å². The van der Waals surface area contributed by atoms with Crippen molar-refractivity contribution in [2.45, 2.75) is 58.8 Å². The molecule has 0 amide bonds. The second-order valence-electron chi connectivity index (χ2n) is 4.28. The second kappa shape index (κ2) is 9.65. The number of halogens is 1. The molecule has 16 heavy (non-hydrogen) atoms. The fraction of sp³-hybridized carbons (Fsp3) is 0.643. The minimum atomic E-state index is 0. The summed E-state index contributed by atoms with van der Waals surface area (Å²) in [4.78, 5) is 4.41. The van der Waals surface area contributed by atoms with Crippen LogP contribution in [-0.2, 0) is 6.42 Å². The maximum Gasteiger partial charge on any atom is 0.0432 e. The van der Waals surface area contributed by atoms with Gasteiger partial charge in [0, 0.05) is 11.9 Å². The molecule has 1 aromatic rings. The molecule has 0 fully saturated rings. The third kappa shape index (κ3) is 6.12. The first-order valence-electron chi connectivity index (χ1n) is 6.25. The molecule has 0 spiro atoms. The van der Waals surface area contributed by atoms with Gasteiger partial charge in [-0.05, 0) is 31.4 Å². The van der Waals surface area contributed by atoms with Gasteiger partial charge in [0.05, 0.1) is 0 Å². The number of hydrogen-bond donors (Lipinski definition) is 0. The predicted octanol–water partition coefficient (Wildman–Crippen LogP) is 4.71. The van der Waals surface area contributed by atoms with Crippen molar-refractivity contribution in [2.24, 2.45) is 0 Å². The lowest BCUT2D eigenvalue weighted by Gasteiger charge is -2.03. The molecule has 0 aliphatic carbocycles. The molecule has 1 aromatic heterocycles. The highest BCUT2D eigenvalue weighted by Gasteiger charge is 1.98. The van der Waals surface area contributed by atoms with Gasteiger partial charge in [0.15, 0.2) is 0 Å². The number of rotatable bonds is 7. The third-order valence-corrected chi connectivity index (χ3v) is 2.88. The molecule has 0 radical (unpaired) electrons. The van der Waals surface area contributed by atoms with Gasteiger partial charge < -0.3 is 0 Å². The van der Waals surface area contributed by atoms with Crippen molar-refractivity contribution in [3.63, 3.8) is 0 Å². The molecule has 0 atom stereocenters. The molecule has 0 N–H and O–H groups in total. The largest absolute Gasteiger partial charge is 0.261 e. The molecule has 2 heteroatoms. The average molecular weight is 242 g/mol. The SMILES string of the molecule is CCCCCCCCc1ncccc1C.Cl. The summed E-state index contributed by atoms with van der Waals surface area (Å²) in [6.07, 6.45) is 11.2. The highest BCUT2D eigenvalue weighted by atomic mass is 35.5. The average Bonchev–Trinajstić information content (AvgIpc) is 2.25. The molecule has 0 aliphatic heterocycles. The predicted molar refractivity (Wildman–Crippen MR) is 73.3 cm³/mol. The van der Waals surface area contributed by atoms with Crippen molar-refractivity contribution < 1.29 is 0 Å². The van der Waals surface area contributed by atoms with Crippen LogP contribution in [0.1, 0.15) is 56.7 Å². The van der Waals surface area contributed by atoms with E-state index in [9.17, 15) is 0 Å². The van der Waals surface area contributed by atoms with E-state index in [0.717, 1.165) is 6.42 Å². The second-order valence-corrected chi connectivity index (χ2v) is 4.28. The maximum absolute atomic E-state index is 4.41. The van der Waals surface area contributed by atoms with Gasteiger partial charge in [-0.2, -0.15) is 0 Å². The van der Waals surface area contributed by atoms with Crippen LogP contribution in [0.5, 0.6) is 0 Å². The molecule has 1 rings (SSSR count). The normalized spacial score (nSPS) is 9.88. The quantitative estimate of drug-likeness (QED) is 0.630. The lowest BCUT2D eigenvalue weighted by Crippen LogP contribution is -1.93. The number of unbranched alkanes of at least 4 members (excludes halogenated alkanes) is 5. The van der Waals surface area contributed by atoms with Crippen LogP contribution < -0.4 is 0 Å². The maximum atomic E-state index is 4.41. The Morgan fingerprint density at radius 2 is 1.75 bits per heavy atom. The summed E-state index contributed by atoms with van der Waals surface area (Å²) in [6, 6.07) is 4.17. The van der Waals surface area contributed by atoms with Crippen LogP contribution >= 0.6 is 12.4 Å². The van der Waals surface area contributed by atoms with Crippen molar-refractivity contribution in [2.75, 3.05) is 0 Å². The van der Waals surface area contributed by atoms with Gasteiger partial charge >= 0.3 is 0 Å². The Labute approximate surface area is 106 Å². The van der Waals surface area contributed by atoms with Crippen LogP contribution in [0.15, 0.2) is 18.3 Å². The van der Waals surface area contributed by atoms with Crippen LogP contribution in [0.4, 0.5) is 0 Å². The molecule has 0 aliphatic rings. The first-order valence-corrected chi connectivity index (χ1v) is 6.25. The summed E-state index contributed by atoms with van der Waals surface area (Å²) in [5, 5.41) is 0. The van der Waals surface area contributed by atoms with Gasteiger partial charge in [0.25, 0.3) is 0 Å². The van der Waals surface area contributed by atoms with Gasteiger partial charge in [-0.3, -0.25) is 4.98 Å². The topological polar surface area (TPSA) is 12.9 Å². The number of pyridine rings is 1. The zero-order valence-electron chi connectivity index (χ0n) is 10.5. The van der Waals surface area contributed by atoms with Gasteiger partial charge in [-0.25, -0.2) is 0 Å². The van der Waals surface area contributed by atoms with Gasteiger partial charge in [0.1, 0.15) is 0 Å². The number of aryl methyl sites for hydroxylation is 2. The molecule has 0 saturated carbocycles. The van der Waals surface area contributed by atoms with Crippen LogP contribution in [-0.4, -0.2) is 4.98 Å². The van der Waals surface area contributed by atoms with Crippen molar-refractivity contribution >= 4 is 12.4 Å². The summed E-state index contributed by atoms with van der Waals surface area (Å²) < 4.78 is 0. The highest BCUT2D eigenvalue weighted by molar-refractivity contribution is 5.85. The van der Waals surface area contributed by atoms with E-state index in [1.807, 2.05) is 12.3 Å². The van der Waals surface area contributed by atoms with Crippen molar-refractivity contribution in [3.05, 3.63) is 29.6 Å². The molecule has 0 bridgehead atoms. The van der Waals surface area contributed by atoms with Crippen LogP contribution in [0.2, 0.25) is 0 Å². The van der Waals surface area contributed by atoms with Crippen LogP contribution in [0.25, 0.3) is 0 Å². The molecule has 1 nitrogen and oxygen atoms in total. The zero-order chi connectivity index (χ0) is 10.9. The van der Waals surface area contributed by atoms with Crippen molar-refractivity contribution in [3.8, 4) is 0 Å². The molecule has 0 saturated heterocycles. The van der Waals surface area contributed by atoms with Crippen molar-refractivity contribution in [1.82, 2.24) is 4.98 Å². The molecular weight excluding hydrogens is 218 g/mol. The Morgan fingerprint density at radius 3 is 2.44 bits per heavy atom. The van der Waals surface area contributed by atoms with Crippen molar-refractivity contribution in [1.29, 1.82) is 0 Å². The Morgan fingerprint density at radius 1 is 1.06 bits per heavy atom. The number of aromatic nitrogens is 1. The first-order chi connectivity index (χ1) is 7.34. The Hall–Kier alpha value is -0.560. The van der Waals surface area contributed by atoms with Gasteiger partial charge in [-0.15, -0.1) is 12.4 Å². The fourth-order valence-corrected chi connectivity index (χ4v) is 1.85. The summed E-state index contributed by atoms with van der Waals surface area (Å²) in [6.45, 7) is 4.41. The van der Waals surface area contributed by atoms with E-state index < -0.39 is 0 Å². The first kappa shape index (κ1) is 15.4. The van der Waals surface area contributed by atoms with E-state index in [4.69, 9.17) is 0 Å². The number of hydrogen-bond acceptors (Lipinski definition) is 1. The van der Waals surface area contributed by atoms with Crippen LogP contribution in [0, 0.1) is 6.92 Å². The Kier molecular flexibility index (Phi) is 9.31. The summed E-state index contributed by atoms with van der Waals surface area (Å²) >= 11 is 0. The molecule has 0 aromatic carbocycles. The van der Waals surface area contributed by atoms with E-state index in [1.54, 1.807) is 0 Å². The van der Waals surface area contributed by atoms with Gasteiger partial charge in [-0.1, -0.05) is 45.1 Å². The third-order valence-electron chi connectivity index (χ3n) is 2.88. The molecule has 1 heterocycles. The summed E-state index contributed by atoms with van der Waals surface area (Å²) in [5.41, 5.74) is 2.62. The molecule has 0 unspecified atom stereocenters. The summed E-state index contributed by atoms with van der Waals surface area (Å²) in [5.74, 6) is 0. The van der Waals surface area contributed by atoms with E-state index in [1.165, 1.54) is 49.8 Å². The summed E-state index contributed by atoms with van der Waals surface area (Å²) in [7, 11) is 0. The lowest BCUT2D eigenvalue weighted by molar-refractivity contribution is 0.604. The fourth-order valence-electron chi connectivity index (χ4n) is 1.85. The minimum absolute atomic E-state index is 0. The smallest absolute Gasteiger partial charge is 0.0432 e. The zero-order valence-corrected chi connectivity index (χ0v) is 11.4. The Bertz CT molecular complexity index is 273. The highest BCUT2D eigenvalue weighted by Crippen LogP contribution is 2.10. The van der Waals surface area contributed by atoms with Gasteiger partial charge in [0.2, 0.25) is 0 Å². The number of nitrogens with zero attached hydrogens (tertiary/aromatic N) is 1. The van der Waals surface area contributed by atoms with E-state index >= 15 is 0 Å². The van der Waals surface area contributed by atoms with Crippen LogP contribution in [0.3, 0.4) is 0 Å². The lowest BCUT2D eigenvalue weighted by atomic mass is 10.1. The monoisotopic (exact) mass is 241 g/mol. The molecule has 92 valence electrons. The standard InChI is InChI=1S/C14H23N.ClH/c1-3-4-5-6-7-8-11-14-13(2)10-9-12-15-14;/h9-10,12H,3-8,11H2,1-2H3;1H.